The van der Waals surface area contributed by atoms with Crippen molar-refractivity contribution in [2.75, 3.05) is 18.0 Å². The van der Waals surface area contributed by atoms with E-state index in [0.29, 0.717) is 24.1 Å². The van der Waals surface area contributed by atoms with Crippen LogP contribution in [0.1, 0.15) is 31.2 Å². The number of aromatic nitrogens is 2. The van der Waals surface area contributed by atoms with E-state index in [1.165, 1.54) is 6.42 Å². The topological polar surface area (TPSA) is 78.8 Å². The Balaban J connectivity index is 2.34. The lowest BCUT2D eigenvalue weighted by molar-refractivity contribution is 0.345. The van der Waals surface area contributed by atoms with Crippen molar-refractivity contribution in [3.63, 3.8) is 0 Å². The number of hydrogen-bond acceptors (Lipinski definition) is 5. The molecule has 1 saturated heterocycles. The number of nitrogens with zero attached hydrogens (tertiary/aromatic N) is 4. The van der Waals surface area contributed by atoms with Gasteiger partial charge in [0.25, 0.3) is 0 Å². The van der Waals surface area contributed by atoms with Crippen LogP contribution in [-0.2, 0) is 0 Å². The summed E-state index contributed by atoms with van der Waals surface area (Å²) in [5.41, 5.74) is 7.12. The lowest BCUT2D eigenvalue weighted by Crippen LogP contribution is -2.49. The Bertz CT molecular complexity index is 465. The Labute approximate surface area is 108 Å². The number of hydrogen-bond donors (Lipinski definition) is 1. The average molecular weight is 245 g/mol. The predicted molar refractivity (Wildman–Crippen MR) is 70.1 cm³/mol. The summed E-state index contributed by atoms with van der Waals surface area (Å²) in [6, 6.07) is 4.06. The zero-order chi connectivity index (χ0) is 13.1. The summed E-state index contributed by atoms with van der Waals surface area (Å²) in [6.07, 6.45) is 2.31. The lowest BCUT2D eigenvalue weighted by Gasteiger charge is -2.39. The maximum Gasteiger partial charge on any atom is 0.227 e. The molecule has 1 aromatic rings. The van der Waals surface area contributed by atoms with Crippen molar-refractivity contribution in [3.05, 3.63) is 17.5 Å². The van der Waals surface area contributed by atoms with Gasteiger partial charge in [-0.15, -0.1) is 0 Å². The first kappa shape index (κ1) is 12.8. The van der Waals surface area contributed by atoms with E-state index in [-0.39, 0.29) is 6.04 Å². The SMILES string of the molecule is Cc1cc(C#N)nc(N2CCCC(C)C2CN)n1. The second kappa shape index (κ2) is 5.32. The summed E-state index contributed by atoms with van der Waals surface area (Å²) in [6.45, 7) is 5.61. The van der Waals surface area contributed by atoms with Gasteiger partial charge < -0.3 is 10.6 Å². The van der Waals surface area contributed by atoms with Crippen LogP contribution in [-0.4, -0.2) is 29.1 Å². The number of aryl methyl sites for hydroxylation is 1. The largest absolute Gasteiger partial charge is 0.336 e. The molecule has 1 fully saturated rings. The summed E-state index contributed by atoms with van der Waals surface area (Å²) >= 11 is 0. The van der Waals surface area contributed by atoms with Gasteiger partial charge in [-0.25, -0.2) is 9.97 Å². The predicted octanol–water partition coefficient (Wildman–Crippen LogP) is 1.22. The molecule has 18 heavy (non-hydrogen) atoms. The highest BCUT2D eigenvalue weighted by Crippen LogP contribution is 2.26. The van der Waals surface area contributed by atoms with Crippen LogP contribution in [0.4, 0.5) is 5.95 Å². The molecule has 2 N–H and O–H groups in total. The fourth-order valence-electron chi connectivity index (χ4n) is 2.60. The Morgan fingerprint density at radius 1 is 1.56 bits per heavy atom. The normalized spacial score (nSPS) is 23.8. The quantitative estimate of drug-likeness (QED) is 0.847. The average Bonchev–Trinajstić information content (AvgIpc) is 2.37. The smallest absolute Gasteiger partial charge is 0.227 e. The Kier molecular flexibility index (Phi) is 3.78. The first-order chi connectivity index (χ1) is 8.65. The fourth-order valence-corrected chi connectivity index (χ4v) is 2.60. The van der Waals surface area contributed by atoms with Crippen molar-refractivity contribution in [2.24, 2.45) is 11.7 Å². The highest BCUT2D eigenvalue weighted by molar-refractivity contribution is 5.38. The van der Waals surface area contributed by atoms with Crippen LogP contribution in [0.25, 0.3) is 0 Å². The molecule has 0 spiro atoms. The van der Waals surface area contributed by atoms with Gasteiger partial charge >= 0.3 is 0 Å². The maximum atomic E-state index is 8.98. The second-order valence-electron chi connectivity index (χ2n) is 4.92. The van der Waals surface area contributed by atoms with Crippen LogP contribution in [0.3, 0.4) is 0 Å². The highest BCUT2D eigenvalue weighted by Gasteiger charge is 2.29. The van der Waals surface area contributed by atoms with Crippen LogP contribution in [0.15, 0.2) is 6.07 Å². The summed E-state index contributed by atoms with van der Waals surface area (Å²) < 4.78 is 0. The van der Waals surface area contributed by atoms with Gasteiger partial charge in [0.05, 0.1) is 0 Å². The van der Waals surface area contributed by atoms with E-state index < -0.39 is 0 Å². The molecule has 1 aliphatic heterocycles. The van der Waals surface area contributed by atoms with Gasteiger partial charge in [0.15, 0.2) is 0 Å². The molecule has 1 aliphatic rings. The number of nitrogens with two attached hydrogens (primary N) is 1. The molecular formula is C13H19N5. The van der Waals surface area contributed by atoms with Gasteiger partial charge in [-0.3, -0.25) is 0 Å². The molecule has 5 heteroatoms. The van der Waals surface area contributed by atoms with Gasteiger partial charge in [0.2, 0.25) is 5.95 Å². The van der Waals surface area contributed by atoms with Crippen LogP contribution in [0.2, 0.25) is 0 Å². The van der Waals surface area contributed by atoms with Crippen molar-refractivity contribution in [1.82, 2.24) is 9.97 Å². The van der Waals surface area contributed by atoms with E-state index >= 15 is 0 Å². The summed E-state index contributed by atoms with van der Waals surface area (Å²) in [5.74, 6) is 1.19. The number of anilines is 1. The minimum absolute atomic E-state index is 0.270. The number of rotatable bonds is 2. The molecule has 5 nitrogen and oxygen atoms in total. The van der Waals surface area contributed by atoms with Gasteiger partial charge in [-0.1, -0.05) is 6.92 Å². The van der Waals surface area contributed by atoms with Crippen LogP contribution in [0.5, 0.6) is 0 Å². The van der Waals surface area contributed by atoms with Gasteiger partial charge in [-0.2, -0.15) is 5.26 Å². The van der Waals surface area contributed by atoms with E-state index in [1.807, 2.05) is 6.92 Å². The molecule has 96 valence electrons. The Morgan fingerprint density at radius 2 is 2.33 bits per heavy atom. The molecule has 2 atom stereocenters. The zero-order valence-corrected chi connectivity index (χ0v) is 10.9. The highest BCUT2D eigenvalue weighted by atomic mass is 15.3. The van der Waals surface area contributed by atoms with E-state index in [2.05, 4.69) is 27.9 Å². The summed E-state index contributed by atoms with van der Waals surface area (Å²) in [5, 5.41) is 8.98. The maximum absolute atomic E-state index is 8.98. The van der Waals surface area contributed by atoms with E-state index in [9.17, 15) is 0 Å². The lowest BCUT2D eigenvalue weighted by atomic mass is 9.91. The fraction of sp³-hybridized carbons (Fsp3) is 0.615. The monoisotopic (exact) mass is 245 g/mol. The minimum atomic E-state index is 0.270. The van der Waals surface area contributed by atoms with Crippen LogP contribution >= 0.6 is 0 Å². The molecule has 2 heterocycles. The van der Waals surface area contributed by atoms with Crippen molar-refractivity contribution in [3.8, 4) is 6.07 Å². The summed E-state index contributed by atoms with van der Waals surface area (Å²) in [7, 11) is 0. The van der Waals surface area contributed by atoms with Crippen molar-refractivity contribution < 1.29 is 0 Å². The first-order valence-electron chi connectivity index (χ1n) is 6.38. The molecule has 2 rings (SSSR count). The molecule has 0 bridgehead atoms. The van der Waals surface area contributed by atoms with E-state index in [1.54, 1.807) is 6.07 Å². The third-order valence-electron chi connectivity index (χ3n) is 3.57. The molecule has 0 radical (unpaired) electrons. The number of piperidine rings is 1. The second-order valence-corrected chi connectivity index (χ2v) is 4.92. The first-order valence-corrected chi connectivity index (χ1v) is 6.38. The molecule has 0 saturated carbocycles. The van der Waals surface area contributed by atoms with Gasteiger partial charge in [0, 0.05) is 24.8 Å². The molecule has 1 aromatic heterocycles. The van der Waals surface area contributed by atoms with E-state index in [0.717, 1.165) is 18.7 Å². The zero-order valence-electron chi connectivity index (χ0n) is 10.9. The molecule has 2 unspecified atom stereocenters. The Hall–Kier alpha value is -1.67. The standard InChI is InChI=1S/C13H19N5/c1-9-4-3-5-18(12(9)8-15)13-16-10(2)6-11(7-14)17-13/h6,9,12H,3-5,8,15H2,1-2H3. The van der Waals surface area contributed by atoms with Crippen LogP contribution in [0, 0.1) is 24.2 Å². The summed E-state index contributed by atoms with van der Waals surface area (Å²) in [4.78, 5) is 10.9. The van der Waals surface area contributed by atoms with Crippen LogP contribution < -0.4 is 10.6 Å². The molecule has 0 aliphatic carbocycles. The van der Waals surface area contributed by atoms with Gasteiger partial charge in [-0.05, 0) is 31.7 Å². The van der Waals surface area contributed by atoms with Crippen molar-refractivity contribution in [1.29, 1.82) is 5.26 Å². The molecular weight excluding hydrogens is 226 g/mol. The van der Waals surface area contributed by atoms with E-state index in [4.69, 9.17) is 11.0 Å². The molecule has 0 amide bonds. The van der Waals surface area contributed by atoms with Crippen molar-refractivity contribution in [2.45, 2.75) is 32.7 Å². The minimum Gasteiger partial charge on any atom is -0.336 e. The molecule has 0 aromatic carbocycles. The Morgan fingerprint density at radius 3 is 3.00 bits per heavy atom. The third-order valence-corrected chi connectivity index (χ3v) is 3.57. The van der Waals surface area contributed by atoms with Gasteiger partial charge in [0.1, 0.15) is 11.8 Å². The van der Waals surface area contributed by atoms with Crippen molar-refractivity contribution >= 4 is 5.95 Å². The number of nitriles is 1. The third kappa shape index (κ3) is 2.44.